The maximum atomic E-state index is 11.1. The van der Waals surface area contributed by atoms with Gasteiger partial charge in [-0.3, -0.25) is 4.79 Å². The van der Waals surface area contributed by atoms with E-state index in [4.69, 9.17) is 10.5 Å². The highest BCUT2D eigenvalue weighted by Crippen LogP contribution is 2.29. The topological polar surface area (TPSA) is 68.5 Å². The molecule has 2 N–H and O–H groups in total. The number of rotatable bonds is 9. The number of aromatic nitrogens is 1. The molecule has 0 aliphatic carbocycles. The number of ether oxygens (including phenoxy) is 1. The molecule has 5 nitrogen and oxygen atoms in total. The molecule has 1 aliphatic rings. The second-order valence-electron chi connectivity index (χ2n) is 7.62. The minimum Gasteiger partial charge on any atom is -0.439 e. The Morgan fingerprint density at radius 3 is 2.68 bits per heavy atom. The molecule has 1 aliphatic heterocycles. The number of pyridine rings is 1. The Bertz CT molecular complexity index is 743. The molecule has 1 aromatic heterocycles. The van der Waals surface area contributed by atoms with Crippen LogP contribution in [0.2, 0.25) is 0 Å². The monoisotopic (exact) mass is 381 g/mol. The Morgan fingerprint density at radius 1 is 1.18 bits per heavy atom. The fourth-order valence-corrected chi connectivity index (χ4v) is 3.81. The smallest absolute Gasteiger partial charge is 0.250 e. The third-order valence-electron chi connectivity index (χ3n) is 5.43. The number of piperidine rings is 1. The van der Waals surface area contributed by atoms with Crippen LogP contribution in [0.15, 0.2) is 42.6 Å². The second-order valence-corrected chi connectivity index (χ2v) is 7.62. The van der Waals surface area contributed by atoms with E-state index < -0.39 is 5.91 Å². The summed E-state index contributed by atoms with van der Waals surface area (Å²) in [6.07, 6.45) is 9.26. The minimum atomic E-state index is -0.490. The predicted octanol–water partition coefficient (Wildman–Crippen LogP) is 4.73. The zero-order chi connectivity index (χ0) is 19.8. The Hall–Kier alpha value is -2.40. The molecular formula is C23H31N3O2. The zero-order valence-electron chi connectivity index (χ0n) is 16.8. The average Bonchev–Trinajstić information content (AvgIpc) is 2.72. The van der Waals surface area contributed by atoms with Crippen LogP contribution in [0.25, 0.3) is 0 Å². The van der Waals surface area contributed by atoms with Crippen molar-refractivity contribution in [1.29, 1.82) is 0 Å². The lowest BCUT2D eigenvalue weighted by molar-refractivity contribution is 0.1000. The molecule has 150 valence electrons. The standard InChI is InChI=1S/C23H31N3O2/c1-2-3-4-5-14-26-15-6-7-20(17-26)18-8-11-21(12-9-18)28-22-13-10-19(16-25-22)23(24)27/h8-13,16,20H,2-7,14-15,17H2,1H3,(H2,24,27). The number of likely N-dealkylation sites (tertiary alicyclic amines) is 1. The molecule has 2 aromatic rings. The van der Waals surface area contributed by atoms with Gasteiger partial charge < -0.3 is 15.4 Å². The van der Waals surface area contributed by atoms with Gasteiger partial charge in [-0.25, -0.2) is 4.98 Å². The lowest BCUT2D eigenvalue weighted by Gasteiger charge is -2.33. The van der Waals surface area contributed by atoms with E-state index in [1.54, 1.807) is 12.1 Å². The van der Waals surface area contributed by atoms with Gasteiger partial charge in [0.25, 0.3) is 0 Å². The number of benzene rings is 1. The van der Waals surface area contributed by atoms with Gasteiger partial charge >= 0.3 is 0 Å². The first-order valence-electron chi connectivity index (χ1n) is 10.4. The van der Waals surface area contributed by atoms with Crippen molar-refractivity contribution >= 4 is 5.91 Å². The number of nitrogens with zero attached hydrogens (tertiary/aromatic N) is 2. The largest absolute Gasteiger partial charge is 0.439 e. The molecule has 1 atom stereocenters. The first kappa shape index (κ1) is 20.3. The number of nitrogens with two attached hydrogens (primary N) is 1. The predicted molar refractivity (Wildman–Crippen MR) is 112 cm³/mol. The molecule has 1 amide bonds. The van der Waals surface area contributed by atoms with Gasteiger partial charge in [-0.15, -0.1) is 0 Å². The fourth-order valence-electron chi connectivity index (χ4n) is 3.81. The molecule has 3 rings (SSSR count). The molecule has 1 saturated heterocycles. The van der Waals surface area contributed by atoms with Crippen LogP contribution in [0.5, 0.6) is 11.6 Å². The Kier molecular flexibility index (Phi) is 7.43. The molecular weight excluding hydrogens is 350 g/mol. The van der Waals surface area contributed by atoms with Gasteiger partial charge in [-0.1, -0.05) is 38.3 Å². The van der Waals surface area contributed by atoms with E-state index in [-0.39, 0.29) is 0 Å². The minimum absolute atomic E-state index is 0.374. The molecule has 28 heavy (non-hydrogen) atoms. The lowest BCUT2D eigenvalue weighted by atomic mass is 9.90. The summed E-state index contributed by atoms with van der Waals surface area (Å²) in [6.45, 7) is 5.88. The first-order valence-corrected chi connectivity index (χ1v) is 10.4. The molecule has 5 heteroatoms. The van der Waals surface area contributed by atoms with Crippen molar-refractivity contribution in [2.75, 3.05) is 19.6 Å². The third-order valence-corrected chi connectivity index (χ3v) is 5.43. The molecule has 0 radical (unpaired) electrons. The van der Waals surface area contributed by atoms with Crippen molar-refractivity contribution in [3.63, 3.8) is 0 Å². The number of carbonyl (C=O) groups is 1. The van der Waals surface area contributed by atoms with Gasteiger partial charge in [0.2, 0.25) is 11.8 Å². The van der Waals surface area contributed by atoms with Crippen LogP contribution in [0.4, 0.5) is 0 Å². The quantitative estimate of drug-likeness (QED) is 0.638. The number of carbonyl (C=O) groups excluding carboxylic acids is 1. The van der Waals surface area contributed by atoms with Crippen LogP contribution in [-0.2, 0) is 0 Å². The van der Waals surface area contributed by atoms with Gasteiger partial charge in [0.05, 0.1) is 5.56 Å². The molecule has 1 aromatic carbocycles. The number of hydrogen-bond donors (Lipinski definition) is 1. The molecule has 1 fully saturated rings. The van der Waals surface area contributed by atoms with Crippen molar-refractivity contribution in [3.05, 3.63) is 53.7 Å². The van der Waals surface area contributed by atoms with Gasteiger partial charge in [-0.2, -0.15) is 0 Å². The average molecular weight is 382 g/mol. The van der Waals surface area contributed by atoms with Crippen LogP contribution >= 0.6 is 0 Å². The van der Waals surface area contributed by atoms with Crippen LogP contribution in [0.1, 0.15) is 67.3 Å². The third kappa shape index (κ3) is 5.80. The SMILES string of the molecule is CCCCCCN1CCCC(c2ccc(Oc3ccc(C(N)=O)cn3)cc2)C1. The normalized spacial score (nSPS) is 17.4. The van der Waals surface area contributed by atoms with Gasteiger partial charge in [0, 0.05) is 18.8 Å². The van der Waals surface area contributed by atoms with Crippen LogP contribution in [0, 0.1) is 0 Å². The summed E-state index contributed by atoms with van der Waals surface area (Å²) in [5.74, 6) is 1.31. The number of amides is 1. The van der Waals surface area contributed by atoms with E-state index in [9.17, 15) is 4.79 Å². The first-order chi connectivity index (χ1) is 13.7. The number of unbranched alkanes of at least 4 members (excludes halogenated alkanes) is 3. The maximum absolute atomic E-state index is 11.1. The summed E-state index contributed by atoms with van der Waals surface area (Å²) in [5, 5.41) is 0. The van der Waals surface area contributed by atoms with E-state index in [0.29, 0.717) is 17.4 Å². The van der Waals surface area contributed by atoms with Crippen molar-refractivity contribution in [2.45, 2.75) is 51.4 Å². The van der Waals surface area contributed by atoms with Crippen molar-refractivity contribution in [3.8, 4) is 11.6 Å². The van der Waals surface area contributed by atoms with E-state index in [2.05, 4.69) is 28.9 Å². The highest BCUT2D eigenvalue weighted by Gasteiger charge is 2.21. The summed E-state index contributed by atoms with van der Waals surface area (Å²) in [7, 11) is 0. The Morgan fingerprint density at radius 2 is 2.00 bits per heavy atom. The molecule has 0 saturated carbocycles. The number of hydrogen-bond acceptors (Lipinski definition) is 4. The molecule has 1 unspecified atom stereocenters. The van der Waals surface area contributed by atoms with Crippen molar-refractivity contribution in [2.24, 2.45) is 5.73 Å². The number of primary amides is 1. The highest BCUT2D eigenvalue weighted by molar-refractivity contribution is 5.92. The summed E-state index contributed by atoms with van der Waals surface area (Å²) in [4.78, 5) is 17.9. The van der Waals surface area contributed by atoms with E-state index in [1.165, 1.54) is 63.4 Å². The summed E-state index contributed by atoms with van der Waals surface area (Å²) < 4.78 is 5.78. The Labute approximate surface area is 167 Å². The van der Waals surface area contributed by atoms with Gasteiger partial charge in [-0.05, 0) is 62.0 Å². The lowest BCUT2D eigenvalue weighted by Crippen LogP contribution is -2.35. The van der Waals surface area contributed by atoms with Gasteiger partial charge in [0.15, 0.2) is 0 Å². The van der Waals surface area contributed by atoms with Gasteiger partial charge in [0.1, 0.15) is 5.75 Å². The second kappa shape index (κ2) is 10.2. The molecule has 0 spiro atoms. The van der Waals surface area contributed by atoms with Crippen LogP contribution < -0.4 is 10.5 Å². The maximum Gasteiger partial charge on any atom is 0.250 e. The van der Waals surface area contributed by atoms with Crippen LogP contribution in [0.3, 0.4) is 0 Å². The Balaban J connectivity index is 1.53. The van der Waals surface area contributed by atoms with E-state index in [0.717, 1.165) is 12.3 Å². The van der Waals surface area contributed by atoms with Crippen molar-refractivity contribution in [1.82, 2.24) is 9.88 Å². The summed E-state index contributed by atoms with van der Waals surface area (Å²) in [5.41, 5.74) is 6.98. The summed E-state index contributed by atoms with van der Waals surface area (Å²) >= 11 is 0. The molecule has 2 heterocycles. The highest BCUT2D eigenvalue weighted by atomic mass is 16.5. The molecule has 0 bridgehead atoms. The van der Waals surface area contributed by atoms with E-state index in [1.807, 2.05) is 12.1 Å². The van der Waals surface area contributed by atoms with Crippen LogP contribution in [-0.4, -0.2) is 35.4 Å². The summed E-state index contributed by atoms with van der Waals surface area (Å²) in [6, 6.07) is 11.6. The zero-order valence-corrected chi connectivity index (χ0v) is 16.8. The van der Waals surface area contributed by atoms with E-state index >= 15 is 0 Å². The van der Waals surface area contributed by atoms with Crippen molar-refractivity contribution < 1.29 is 9.53 Å². The fraction of sp³-hybridized carbons (Fsp3) is 0.478.